The molecule has 0 aliphatic rings. The highest BCUT2D eigenvalue weighted by Crippen LogP contribution is 2.19. The predicted octanol–water partition coefficient (Wildman–Crippen LogP) is 1.66. The molecule has 104 valence electrons. The van der Waals surface area contributed by atoms with Crippen LogP contribution in [-0.2, 0) is 4.79 Å². The van der Waals surface area contributed by atoms with Gasteiger partial charge in [-0.25, -0.2) is 4.68 Å². The van der Waals surface area contributed by atoms with E-state index in [1.165, 1.54) is 10.2 Å². The number of hydrogen-bond donors (Lipinski definition) is 2. The van der Waals surface area contributed by atoms with Gasteiger partial charge in [-0.3, -0.25) is 9.59 Å². The number of benzene rings is 1. The number of nitrogens with two attached hydrogens (primary N) is 1. The predicted molar refractivity (Wildman–Crippen MR) is 75.9 cm³/mol. The number of carbonyl (C=O) groups excluding carboxylic acids is 2. The van der Waals surface area contributed by atoms with Crippen molar-refractivity contribution in [3.8, 4) is 5.69 Å². The van der Waals surface area contributed by atoms with Crippen LogP contribution >= 0.6 is 0 Å². The molecule has 6 heteroatoms. The number of carbonyl (C=O) groups is 2. The Morgan fingerprint density at radius 2 is 2.00 bits per heavy atom. The summed E-state index contributed by atoms with van der Waals surface area (Å²) in [4.78, 5) is 21.8. The molecule has 0 saturated heterocycles. The van der Waals surface area contributed by atoms with Crippen molar-refractivity contribution in [3.05, 3.63) is 41.7 Å². The average Bonchev–Trinajstić information content (AvgIpc) is 2.83. The van der Waals surface area contributed by atoms with Gasteiger partial charge >= 0.3 is 0 Å². The molecule has 0 saturated carbocycles. The first kappa shape index (κ1) is 13.8. The van der Waals surface area contributed by atoms with Crippen LogP contribution in [-0.4, -0.2) is 22.1 Å². The van der Waals surface area contributed by atoms with Gasteiger partial charge in [0.05, 0.1) is 17.6 Å². The first-order valence-electron chi connectivity index (χ1n) is 6.23. The lowest BCUT2D eigenvalue weighted by Gasteiger charge is -2.06. The van der Waals surface area contributed by atoms with E-state index in [0.29, 0.717) is 18.0 Å². The number of nitrogens with zero attached hydrogens (tertiary/aromatic N) is 2. The van der Waals surface area contributed by atoms with Gasteiger partial charge in [-0.05, 0) is 23.6 Å². The summed E-state index contributed by atoms with van der Waals surface area (Å²) >= 11 is 0. The van der Waals surface area contributed by atoms with Crippen molar-refractivity contribution < 1.29 is 9.59 Å². The maximum Gasteiger partial charge on any atom is 0.271 e. The summed E-state index contributed by atoms with van der Waals surface area (Å²) in [6, 6.07) is 7.80. The summed E-state index contributed by atoms with van der Waals surface area (Å²) in [7, 11) is 0. The highest BCUT2D eigenvalue weighted by molar-refractivity contribution is 5.98. The van der Waals surface area contributed by atoms with Gasteiger partial charge in [0.25, 0.3) is 5.91 Å². The van der Waals surface area contributed by atoms with Gasteiger partial charge in [0, 0.05) is 0 Å². The highest BCUT2D eigenvalue weighted by atomic mass is 16.1. The molecule has 0 spiro atoms. The van der Waals surface area contributed by atoms with Crippen molar-refractivity contribution in [1.29, 1.82) is 0 Å². The molecule has 1 aromatic heterocycles. The molecule has 0 bridgehead atoms. The SMILES string of the molecule is CC(C)c1ccc(-n2cc(NC=O)c(C(N)=O)n2)cc1. The molecule has 0 fully saturated rings. The number of hydrogen-bond acceptors (Lipinski definition) is 3. The van der Waals surface area contributed by atoms with E-state index in [1.54, 1.807) is 6.20 Å². The first-order valence-corrected chi connectivity index (χ1v) is 6.23. The first-order chi connectivity index (χ1) is 9.52. The van der Waals surface area contributed by atoms with Crippen molar-refractivity contribution >= 4 is 18.0 Å². The number of amides is 2. The number of anilines is 1. The molecule has 3 N–H and O–H groups in total. The maximum atomic E-state index is 11.3. The van der Waals surface area contributed by atoms with Gasteiger partial charge < -0.3 is 11.1 Å². The van der Waals surface area contributed by atoms with Crippen LogP contribution in [0.3, 0.4) is 0 Å². The van der Waals surface area contributed by atoms with Gasteiger partial charge in [-0.1, -0.05) is 26.0 Å². The monoisotopic (exact) mass is 272 g/mol. The molecule has 6 nitrogen and oxygen atoms in total. The normalized spacial score (nSPS) is 10.6. The van der Waals surface area contributed by atoms with E-state index in [4.69, 9.17) is 5.73 Å². The zero-order valence-electron chi connectivity index (χ0n) is 11.3. The van der Waals surface area contributed by atoms with Gasteiger partial charge in [0.15, 0.2) is 5.69 Å². The van der Waals surface area contributed by atoms with Crippen molar-refractivity contribution in [2.75, 3.05) is 5.32 Å². The lowest BCUT2D eigenvalue weighted by Crippen LogP contribution is -2.14. The van der Waals surface area contributed by atoms with E-state index in [9.17, 15) is 9.59 Å². The fourth-order valence-corrected chi connectivity index (χ4v) is 1.87. The number of primary amides is 1. The molecule has 0 aliphatic heterocycles. The topological polar surface area (TPSA) is 90.0 Å². The Bertz CT molecular complexity index is 629. The van der Waals surface area contributed by atoms with Crippen LogP contribution in [0.15, 0.2) is 30.5 Å². The molecule has 0 unspecified atom stereocenters. The van der Waals surface area contributed by atoms with Gasteiger partial charge in [0.2, 0.25) is 6.41 Å². The van der Waals surface area contributed by atoms with Crippen LogP contribution < -0.4 is 11.1 Å². The number of aromatic nitrogens is 2. The lowest BCUT2D eigenvalue weighted by atomic mass is 10.0. The summed E-state index contributed by atoms with van der Waals surface area (Å²) in [5, 5.41) is 6.51. The molecule has 0 aliphatic carbocycles. The van der Waals surface area contributed by atoms with Crippen molar-refractivity contribution in [3.63, 3.8) is 0 Å². The minimum atomic E-state index is -0.688. The second kappa shape index (κ2) is 5.56. The minimum Gasteiger partial charge on any atom is -0.364 e. The van der Waals surface area contributed by atoms with Gasteiger partial charge in [-0.2, -0.15) is 5.10 Å². The summed E-state index contributed by atoms with van der Waals surface area (Å²) in [5.41, 5.74) is 7.55. The lowest BCUT2D eigenvalue weighted by molar-refractivity contribution is -0.105. The van der Waals surface area contributed by atoms with Crippen molar-refractivity contribution in [2.45, 2.75) is 19.8 Å². The minimum absolute atomic E-state index is 0.0324. The van der Waals surface area contributed by atoms with Gasteiger partial charge in [-0.15, -0.1) is 0 Å². The molecular formula is C14H16N4O2. The molecule has 0 radical (unpaired) electrons. The summed E-state index contributed by atoms with van der Waals surface area (Å²) in [6.45, 7) is 4.22. The van der Waals surface area contributed by atoms with Crippen LogP contribution in [0.5, 0.6) is 0 Å². The quantitative estimate of drug-likeness (QED) is 0.811. The Hall–Kier alpha value is -2.63. The largest absolute Gasteiger partial charge is 0.364 e. The zero-order chi connectivity index (χ0) is 14.7. The Kier molecular flexibility index (Phi) is 3.84. The Balaban J connectivity index is 2.39. The third-order valence-corrected chi connectivity index (χ3v) is 2.99. The Morgan fingerprint density at radius 3 is 2.50 bits per heavy atom. The van der Waals surface area contributed by atoms with Crippen molar-refractivity contribution in [1.82, 2.24) is 9.78 Å². The van der Waals surface area contributed by atoms with Crippen LogP contribution in [0, 0.1) is 0 Å². The Morgan fingerprint density at radius 1 is 1.35 bits per heavy atom. The molecule has 1 aromatic carbocycles. The Labute approximate surface area is 116 Å². The summed E-state index contributed by atoms with van der Waals surface area (Å²) < 4.78 is 1.51. The maximum absolute atomic E-state index is 11.3. The molecule has 2 aromatic rings. The number of nitrogens with one attached hydrogen (secondary N) is 1. The van der Waals surface area contributed by atoms with E-state index >= 15 is 0 Å². The zero-order valence-corrected chi connectivity index (χ0v) is 11.3. The summed E-state index contributed by atoms with van der Waals surface area (Å²) in [5.74, 6) is -0.248. The van der Waals surface area contributed by atoms with E-state index < -0.39 is 5.91 Å². The van der Waals surface area contributed by atoms with E-state index in [-0.39, 0.29) is 5.69 Å². The molecule has 2 rings (SSSR count). The fraction of sp³-hybridized carbons (Fsp3) is 0.214. The third kappa shape index (κ3) is 2.69. The fourth-order valence-electron chi connectivity index (χ4n) is 1.87. The van der Waals surface area contributed by atoms with Crippen LogP contribution in [0.4, 0.5) is 5.69 Å². The smallest absolute Gasteiger partial charge is 0.271 e. The average molecular weight is 272 g/mol. The van der Waals surface area contributed by atoms with Crippen LogP contribution in [0.2, 0.25) is 0 Å². The van der Waals surface area contributed by atoms with Gasteiger partial charge in [0.1, 0.15) is 0 Å². The van der Waals surface area contributed by atoms with Crippen LogP contribution in [0.25, 0.3) is 5.69 Å². The van der Waals surface area contributed by atoms with Crippen LogP contribution in [0.1, 0.15) is 35.8 Å². The molecule has 2 amide bonds. The van der Waals surface area contributed by atoms with Crippen molar-refractivity contribution in [2.24, 2.45) is 5.73 Å². The molecule has 0 atom stereocenters. The molecule has 1 heterocycles. The second-order valence-electron chi connectivity index (χ2n) is 4.71. The highest BCUT2D eigenvalue weighted by Gasteiger charge is 2.14. The summed E-state index contributed by atoms with van der Waals surface area (Å²) in [6.07, 6.45) is 2.04. The second-order valence-corrected chi connectivity index (χ2v) is 4.71. The van der Waals surface area contributed by atoms with E-state index in [0.717, 1.165) is 5.69 Å². The molecular weight excluding hydrogens is 256 g/mol. The number of rotatable bonds is 5. The van der Waals surface area contributed by atoms with E-state index in [1.807, 2.05) is 24.3 Å². The molecule has 20 heavy (non-hydrogen) atoms. The third-order valence-electron chi connectivity index (χ3n) is 2.99. The standard InChI is InChI=1S/C14H16N4O2/c1-9(2)10-3-5-11(6-4-10)18-7-12(16-8-19)13(17-18)14(15)20/h3-9H,1-2H3,(H2,15,20)(H,16,19). The van der Waals surface area contributed by atoms with E-state index in [2.05, 4.69) is 24.3 Å².